The fourth-order valence-corrected chi connectivity index (χ4v) is 4.78. The van der Waals surface area contributed by atoms with Crippen molar-refractivity contribution in [3.05, 3.63) is 78.1 Å². The molecular weight excluding hydrogens is 442 g/mol. The molecule has 2 aromatic heterocycles. The average molecular weight is 464 g/mol. The Morgan fingerprint density at radius 1 is 1.00 bits per heavy atom. The van der Waals surface area contributed by atoms with Crippen LogP contribution in [0.4, 0.5) is 5.88 Å². The maximum absolute atomic E-state index is 13.6. The minimum Gasteiger partial charge on any atom is -0.486 e. The summed E-state index contributed by atoms with van der Waals surface area (Å²) in [5.74, 6) is 1.17. The molecule has 0 saturated carbocycles. The Bertz CT molecular complexity index is 1400. The van der Waals surface area contributed by atoms with Crippen molar-refractivity contribution in [3.63, 3.8) is 0 Å². The highest BCUT2D eigenvalue weighted by molar-refractivity contribution is 7.91. The van der Waals surface area contributed by atoms with Crippen molar-refractivity contribution in [3.8, 4) is 23.0 Å². The fourth-order valence-electron chi connectivity index (χ4n) is 3.49. The number of aryl methyl sites for hydroxylation is 1. The fraction of sp³-hybridized carbons (Fsp3) is 0.167. The number of sulfone groups is 1. The van der Waals surface area contributed by atoms with Crippen molar-refractivity contribution in [2.24, 2.45) is 0 Å². The van der Waals surface area contributed by atoms with E-state index in [0.717, 1.165) is 11.1 Å². The Morgan fingerprint density at radius 3 is 2.64 bits per heavy atom. The van der Waals surface area contributed by atoms with Gasteiger partial charge in [-0.05, 0) is 42.8 Å². The first-order valence-corrected chi connectivity index (χ1v) is 11.8. The average Bonchev–Trinajstić information content (AvgIpc) is 3.28. The summed E-state index contributed by atoms with van der Waals surface area (Å²) < 4.78 is 44.2. The molecule has 9 heteroatoms. The molecule has 0 fully saturated rings. The molecule has 4 aromatic rings. The molecule has 0 atom stereocenters. The molecular formula is C24H21N3O5S. The van der Waals surface area contributed by atoms with Crippen molar-refractivity contribution in [2.45, 2.75) is 23.4 Å². The predicted octanol–water partition coefficient (Wildman–Crippen LogP) is 4.26. The number of nitrogens with zero attached hydrogens (tertiary/aromatic N) is 2. The van der Waals surface area contributed by atoms with Crippen molar-refractivity contribution in [1.82, 2.24) is 9.97 Å². The molecule has 3 heterocycles. The number of anilines is 1. The highest BCUT2D eigenvalue weighted by Crippen LogP contribution is 2.37. The Kier molecular flexibility index (Phi) is 5.47. The molecule has 1 N–H and O–H groups in total. The van der Waals surface area contributed by atoms with Crippen LogP contribution < -0.4 is 14.8 Å². The van der Waals surface area contributed by atoms with E-state index in [-0.39, 0.29) is 21.7 Å². The van der Waals surface area contributed by atoms with E-state index in [1.807, 2.05) is 43.3 Å². The van der Waals surface area contributed by atoms with Gasteiger partial charge in [-0.25, -0.2) is 8.42 Å². The lowest BCUT2D eigenvalue weighted by Gasteiger charge is -2.18. The highest BCUT2D eigenvalue weighted by atomic mass is 32.2. The summed E-state index contributed by atoms with van der Waals surface area (Å²) in [4.78, 5) is 8.52. The van der Waals surface area contributed by atoms with Crippen LogP contribution in [0.5, 0.6) is 11.5 Å². The first kappa shape index (κ1) is 21.0. The predicted molar refractivity (Wildman–Crippen MR) is 121 cm³/mol. The number of aromatic nitrogens is 2. The first-order chi connectivity index (χ1) is 16.0. The Morgan fingerprint density at radius 2 is 1.85 bits per heavy atom. The van der Waals surface area contributed by atoms with Crippen LogP contribution in [0.3, 0.4) is 0 Å². The van der Waals surface area contributed by atoms with Gasteiger partial charge in [0.25, 0.3) is 0 Å². The zero-order chi connectivity index (χ0) is 22.8. The van der Waals surface area contributed by atoms with Crippen LogP contribution in [0.2, 0.25) is 0 Å². The first-order valence-electron chi connectivity index (χ1n) is 10.4. The lowest BCUT2D eigenvalue weighted by molar-refractivity contribution is 0.171. The van der Waals surface area contributed by atoms with Crippen LogP contribution in [-0.4, -0.2) is 31.6 Å². The Balaban J connectivity index is 1.56. The van der Waals surface area contributed by atoms with Gasteiger partial charge < -0.3 is 19.2 Å². The van der Waals surface area contributed by atoms with Gasteiger partial charge in [0.15, 0.2) is 11.5 Å². The number of rotatable bonds is 6. The SMILES string of the molecule is Cc1cccc(-c2nc(S(=O)(=O)c3ccc4c(c3)OCCO4)c(NCc3cccnc3)o2)c1. The van der Waals surface area contributed by atoms with Gasteiger partial charge in [0.2, 0.25) is 26.6 Å². The Hall–Kier alpha value is -3.85. The molecule has 2 aromatic carbocycles. The van der Waals surface area contributed by atoms with E-state index in [9.17, 15) is 8.42 Å². The molecule has 33 heavy (non-hydrogen) atoms. The van der Waals surface area contributed by atoms with Crippen LogP contribution in [-0.2, 0) is 16.4 Å². The molecule has 0 aliphatic carbocycles. The van der Waals surface area contributed by atoms with Gasteiger partial charge in [0, 0.05) is 30.6 Å². The van der Waals surface area contributed by atoms with E-state index in [4.69, 9.17) is 13.9 Å². The number of nitrogens with one attached hydrogen (secondary N) is 1. The van der Waals surface area contributed by atoms with Crippen LogP contribution in [0.25, 0.3) is 11.5 Å². The minimum absolute atomic E-state index is 0.0419. The summed E-state index contributed by atoms with van der Waals surface area (Å²) in [7, 11) is -4.02. The molecule has 0 saturated heterocycles. The maximum Gasteiger partial charge on any atom is 0.234 e. The number of ether oxygens (including phenoxy) is 2. The summed E-state index contributed by atoms with van der Waals surface area (Å²) in [6.45, 7) is 3.04. The number of benzene rings is 2. The van der Waals surface area contributed by atoms with Gasteiger partial charge in [-0.15, -0.1) is 0 Å². The minimum atomic E-state index is -4.02. The van der Waals surface area contributed by atoms with E-state index in [2.05, 4.69) is 15.3 Å². The summed E-state index contributed by atoms with van der Waals surface area (Å²) >= 11 is 0. The van der Waals surface area contributed by atoms with Crippen LogP contribution >= 0.6 is 0 Å². The van der Waals surface area contributed by atoms with Gasteiger partial charge >= 0.3 is 0 Å². The number of hydrogen-bond donors (Lipinski definition) is 1. The molecule has 1 aliphatic rings. The van der Waals surface area contributed by atoms with Crippen molar-refractivity contribution in [2.75, 3.05) is 18.5 Å². The zero-order valence-corrected chi connectivity index (χ0v) is 18.6. The second kappa shape index (κ2) is 8.59. The van der Waals surface area contributed by atoms with Crippen molar-refractivity contribution >= 4 is 15.7 Å². The van der Waals surface area contributed by atoms with Gasteiger partial charge in [-0.3, -0.25) is 4.98 Å². The molecule has 1 aliphatic heterocycles. The molecule has 5 rings (SSSR count). The topological polar surface area (TPSA) is 104 Å². The molecule has 0 spiro atoms. The molecule has 8 nitrogen and oxygen atoms in total. The number of hydrogen-bond acceptors (Lipinski definition) is 8. The molecule has 0 unspecified atom stereocenters. The van der Waals surface area contributed by atoms with E-state index < -0.39 is 9.84 Å². The number of fused-ring (bicyclic) bond motifs is 1. The largest absolute Gasteiger partial charge is 0.486 e. The third kappa shape index (κ3) is 4.27. The van der Waals surface area contributed by atoms with Crippen LogP contribution in [0.15, 0.2) is 81.3 Å². The molecule has 0 radical (unpaired) electrons. The van der Waals surface area contributed by atoms with E-state index >= 15 is 0 Å². The van der Waals surface area contributed by atoms with E-state index in [0.29, 0.717) is 36.8 Å². The third-order valence-electron chi connectivity index (χ3n) is 5.12. The molecule has 168 valence electrons. The van der Waals surface area contributed by atoms with Gasteiger partial charge in [0.1, 0.15) is 13.2 Å². The highest BCUT2D eigenvalue weighted by Gasteiger charge is 2.30. The summed E-state index contributed by atoms with van der Waals surface area (Å²) in [5, 5.41) is 2.87. The summed E-state index contributed by atoms with van der Waals surface area (Å²) in [6.07, 6.45) is 3.37. The zero-order valence-electron chi connectivity index (χ0n) is 17.8. The van der Waals surface area contributed by atoms with Crippen molar-refractivity contribution < 1.29 is 22.3 Å². The number of pyridine rings is 1. The van der Waals surface area contributed by atoms with Gasteiger partial charge in [-0.1, -0.05) is 23.8 Å². The van der Waals surface area contributed by atoms with Gasteiger partial charge in [0.05, 0.1) is 4.90 Å². The molecule has 0 bridgehead atoms. The quantitative estimate of drug-likeness (QED) is 0.452. The maximum atomic E-state index is 13.6. The third-order valence-corrected chi connectivity index (χ3v) is 6.78. The second-order valence-corrected chi connectivity index (χ2v) is 9.41. The second-order valence-electron chi connectivity index (χ2n) is 7.55. The monoisotopic (exact) mass is 463 g/mol. The van der Waals surface area contributed by atoms with Crippen molar-refractivity contribution in [1.29, 1.82) is 0 Å². The van der Waals surface area contributed by atoms with Crippen LogP contribution in [0, 0.1) is 6.92 Å². The van der Waals surface area contributed by atoms with Gasteiger partial charge in [-0.2, -0.15) is 4.98 Å². The standard InChI is InChI=1S/C24H21N3O5S/c1-16-4-2-6-18(12-16)22-27-24(23(32-22)26-15-17-5-3-9-25-14-17)33(28,29)19-7-8-20-21(13-19)31-11-10-30-20/h2-9,12-14,26H,10-11,15H2,1H3. The lowest BCUT2D eigenvalue weighted by atomic mass is 10.1. The van der Waals surface area contributed by atoms with E-state index in [1.165, 1.54) is 12.1 Å². The number of oxazole rings is 1. The normalized spacial score (nSPS) is 13.0. The molecule has 0 amide bonds. The van der Waals surface area contributed by atoms with E-state index in [1.54, 1.807) is 18.5 Å². The lowest BCUT2D eigenvalue weighted by Crippen LogP contribution is -2.16. The van der Waals surface area contributed by atoms with Crippen LogP contribution in [0.1, 0.15) is 11.1 Å². The summed E-state index contributed by atoms with van der Waals surface area (Å²) in [6, 6.07) is 15.7. The Labute approximate surface area is 191 Å². The smallest absolute Gasteiger partial charge is 0.234 e. The summed E-state index contributed by atoms with van der Waals surface area (Å²) in [5.41, 5.74) is 2.56.